The van der Waals surface area contributed by atoms with Crippen molar-refractivity contribution in [2.45, 2.75) is 44.6 Å². The highest BCUT2D eigenvalue weighted by Gasteiger charge is 2.22. The number of rotatable bonds is 12. The summed E-state index contributed by atoms with van der Waals surface area (Å²) >= 11 is 0. The molecule has 0 spiro atoms. The molecule has 6 heteroatoms. The van der Waals surface area contributed by atoms with E-state index in [2.05, 4.69) is 27.8 Å². The van der Waals surface area contributed by atoms with Crippen LogP contribution < -0.4 is 16.4 Å². The number of nitrogens with one attached hydrogen (secondary N) is 3. The predicted molar refractivity (Wildman–Crippen MR) is 125 cm³/mol. The fraction of sp³-hybridized carbons (Fsp3) is 0.360. The minimum Gasteiger partial charge on any atom is -0.361 e. The van der Waals surface area contributed by atoms with E-state index in [1.807, 2.05) is 48.7 Å². The Bertz CT molecular complexity index is 968. The van der Waals surface area contributed by atoms with Crippen molar-refractivity contribution in [3.8, 4) is 0 Å². The molecule has 1 aromatic heterocycles. The van der Waals surface area contributed by atoms with Crippen LogP contribution in [0.3, 0.4) is 0 Å². The number of hydrogen-bond donors (Lipinski definition) is 4. The quantitative estimate of drug-likeness (QED) is 0.339. The Morgan fingerprint density at radius 2 is 1.74 bits per heavy atom. The first-order valence-electron chi connectivity index (χ1n) is 11.0. The average Bonchev–Trinajstić information content (AvgIpc) is 3.20. The lowest BCUT2D eigenvalue weighted by molar-refractivity contribution is -0.129. The van der Waals surface area contributed by atoms with E-state index < -0.39 is 6.04 Å². The smallest absolute Gasteiger partial charge is 0.242 e. The number of unbranched alkanes of at least 4 members (excludes halogenated alkanes) is 1. The minimum atomic E-state index is -0.612. The van der Waals surface area contributed by atoms with Crippen LogP contribution in [0.25, 0.3) is 10.9 Å². The lowest BCUT2D eigenvalue weighted by Gasteiger charge is -2.18. The second kappa shape index (κ2) is 11.9. The standard InChI is InChI=1S/C25H32N4O2/c26-15-8-14-24(30)29-23(17-20-18-28-22-13-5-4-12-21(20)22)25(31)27-16-7-6-11-19-9-2-1-3-10-19/h1-5,9-10,12-13,18,23,28H,6-8,11,14-17,26H2,(H,27,31)(H,29,30). The van der Waals surface area contributed by atoms with Gasteiger partial charge in [0.05, 0.1) is 0 Å². The third-order valence-corrected chi connectivity index (χ3v) is 5.39. The Labute approximate surface area is 183 Å². The Morgan fingerprint density at radius 1 is 0.968 bits per heavy atom. The van der Waals surface area contributed by atoms with E-state index in [-0.39, 0.29) is 11.8 Å². The van der Waals surface area contributed by atoms with Gasteiger partial charge in [0.25, 0.3) is 0 Å². The highest BCUT2D eigenvalue weighted by atomic mass is 16.2. The molecule has 3 rings (SSSR count). The number of amides is 2. The monoisotopic (exact) mass is 420 g/mol. The summed E-state index contributed by atoms with van der Waals surface area (Å²) in [5, 5.41) is 6.97. The van der Waals surface area contributed by atoms with Gasteiger partial charge in [-0.3, -0.25) is 9.59 Å². The highest BCUT2D eigenvalue weighted by Crippen LogP contribution is 2.19. The fourth-order valence-corrected chi connectivity index (χ4v) is 3.69. The van der Waals surface area contributed by atoms with Crippen LogP contribution in [0, 0.1) is 0 Å². The Kier molecular flexibility index (Phi) is 8.67. The van der Waals surface area contributed by atoms with Gasteiger partial charge in [0.1, 0.15) is 6.04 Å². The first-order valence-corrected chi connectivity index (χ1v) is 11.0. The molecule has 0 aliphatic carbocycles. The molecule has 0 aliphatic rings. The third-order valence-electron chi connectivity index (χ3n) is 5.39. The Balaban J connectivity index is 1.55. The molecule has 31 heavy (non-hydrogen) atoms. The molecule has 1 atom stereocenters. The van der Waals surface area contributed by atoms with Crippen LogP contribution in [-0.2, 0) is 22.4 Å². The number of para-hydroxylation sites is 1. The summed E-state index contributed by atoms with van der Waals surface area (Å²) in [5.41, 5.74) is 8.85. The molecule has 0 bridgehead atoms. The molecule has 5 N–H and O–H groups in total. The second-order valence-electron chi connectivity index (χ2n) is 7.81. The highest BCUT2D eigenvalue weighted by molar-refractivity contribution is 5.89. The molecular weight excluding hydrogens is 388 g/mol. The second-order valence-corrected chi connectivity index (χ2v) is 7.81. The van der Waals surface area contributed by atoms with Gasteiger partial charge in [-0.15, -0.1) is 0 Å². The molecule has 3 aromatic rings. The summed E-state index contributed by atoms with van der Waals surface area (Å²) in [7, 11) is 0. The maximum atomic E-state index is 12.9. The largest absolute Gasteiger partial charge is 0.361 e. The van der Waals surface area contributed by atoms with Crippen LogP contribution in [0.5, 0.6) is 0 Å². The fourth-order valence-electron chi connectivity index (χ4n) is 3.69. The number of fused-ring (bicyclic) bond motifs is 1. The van der Waals surface area contributed by atoms with Crippen LogP contribution in [-0.4, -0.2) is 35.9 Å². The van der Waals surface area contributed by atoms with Gasteiger partial charge in [0.15, 0.2) is 0 Å². The lowest BCUT2D eigenvalue weighted by atomic mass is 10.0. The van der Waals surface area contributed by atoms with Crippen LogP contribution in [0.4, 0.5) is 0 Å². The van der Waals surface area contributed by atoms with Crippen molar-refractivity contribution in [1.82, 2.24) is 15.6 Å². The predicted octanol–water partition coefficient (Wildman–Crippen LogP) is 3.07. The summed E-state index contributed by atoms with van der Waals surface area (Å²) in [5.74, 6) is -0.291. The van der Waals surface area contributed by atoms with Gasteiger partial charge in [0.2, 0.25) is 11.8 Å². The van der Waals surface area contributed by atoms with Crippen molar-refractivity contribution in [3.63, 3.8) is 0 Å². The first kappa shape index (κ1) is 22.6. The van der Waals surface area contributed by atoms with E-state index in [0.29, 0.717) is 32.4 Å². The average molecular weight is 421 g/mol. The number of hydrogen-bond acceptors (Lipinski definition) is 3. The molecule has 0 radical (unpaired) electrons. The summed E-state index contributed by atoms with van der Waals surface area (Å²) in [6.45, 7) is 1.04. The van der Waals surface area contributed by atoms with Gasteiger partial charge < -0.3 is 21.4 Å². The molecule has 0 saturated heterocycles. The number of carbonyl (C=O) groups is 2. The molecule has 1 heterocycles. The van der Waals surface area contributed by atoms with Crippen LogP contribution in [0.15, 0.2) is 60.8 Å². The van der Waals surface area contributed by atoms with Gasteiger partial charge >= 0.3 is 0 Å². The zero-order chi connectivity index (χ0) is 21.9. The van der Waals surface area contributed by atoms with Gasteiger partial charge in [-0.1, -0.05) is 48.5 Å². The van der Waals surface area contributed by atoms with Crippen molar-refractivity contribution in [1.29, 1.82) is 0 Å². The van der Waals surface area contributed by atoms with Crippen molar-refractivity contribution in [3.05, 3.63) is 71.9 Å². The molecule has 0 saturated carbocycles. The van der Waals surface area contributed by atoms with E-state index in [4.69, 9.17) is 5.73 Å². The van der Waals surface area contributed by atoms with E-state index in [1.54, 1.807) is 0 Å². The number of aromatic amines is 1. The minimum absolute atomic E-state index is 0.144. The maximum absolute atomic E-state index is 12.9. The number of H-pyrrole nitrogens is 1. The zero-order valence-electron chi connectivity index (χ0n) is 17.9. The molecule has 0 aliphatic heterocycles. The van der Waals surface area contributed by atoms with Gasteiger partial charge in [-0.2, -0.15) is 0 Å². The normalized spacial score (nSPS) is 11.9. The summed E-state index contributed by atoms with van der Waals surface area (Å²) < 4.78 is 0. The SMILES string of the molecule is NCCCC(=O)NC(Cc1c[nH]c2ccccc12)C(=O)NCCCCc1ccccc1. The van der Waals surface area contributed by atoms with Crippen LogP contribution in [0.2, 0.25) is 0 Å². The first-order chi connectivity index (χ1) is 15.2. The van der Waals surface area contributed by atoms with Gasteiger partial charge in [-0.05, 0) is 49.4 Å². The summed E-state index contributed by atoms with van der Waals surface area (Å²) in [6.07, 6.45) is 6.16. The molecule has 2 aromatic carbocycles. The molecule has 0 fully saturated rings. The van der Waals surface area contributed by atoms with Gasteiger partial charge in [-0.25, -0.2) is 0 Å². The molecule has 6 nitrogen and oxygen atoms in total. The number of aryl methyl sites for hydroxylation is 1. The Morgan fingerprint density at radius 3 is 2.55 bits per heavy atom. The number of carbonyl (C=O) groups excluding carboxylic acids is 2. The van der Waals surface area contributed by atoms with Crippen LogP contribution in [0.1, 0.15) is 36.8 Å². The maximum Gasteiger partial charge on any atom is 0.242 e. The lowest BCUT2D eigenvalue weighted by Crippen LogP contribution is -2.48. The van der Waals surface area contributed by atoms with Crippen molar-refractivity contribution in [2.75, 3.05) is 13.1 Å². The summed E-state index contributed by atoms with van der Waals surface area (Å²) in [6, 6.07) is 17.7. The molecule has 2 amide bonds. The molecule has 164 valence electrons. The zero-order valence-corrected chi connectivity index (χ0v) is 17.9. The Hall–Kier alpha value is -3.12. The summed E-state index contributed by atoms with van der Waals surface area (Å²) in [4.78, 5) is 28.4. The van der Waals surface area contributed by atoms with E-state index in [9.17, 15) is 9.59 Å². The third kappa shape index (κ3) is 6.96. The number of benzene rings is 2. The van der Waals surface area contributed by atoms with Crippen LogP contribution >= 0.6 is 0 Å². The van der Waals surface area contributed by atoms with Crippen molar-refractivity contribution < 1.29 is 9.59 Å². The van der Waals surface area contributed by atoms with Crippen molar-refractivity contribution in [2.24, 2.45) is 5.73 Å². The molecular formula is C25H32N4O2. The van der Waals surface area contributed by atoms with E-state index >= 15 is 0 Å². The van der Waals surface area contributed by atoms with Crippen molar-refractivity contribution >= 4 is 22.7 Å². The van der Waals surface area contributed by atoms with E-state index in [0.717, 1.165) is 35.7 Å². The number of nitrogens with two attached hydrogens (primary N) is 1. The molecule has 1 unspecified atom stereocenters. The topological polar surface area (TPSA) is 100 Å². The van der Waals surface area contributed by atoms with Gasteiger partial charge in [0, 0.05) is 36.5 Å². The number of aromatic nitrogens is 1. The van der Waals surface area contributed by atoms with E-state index in [1.165, 1.54) is 5.56 Å².